The Morgan fingerprint density at radius 3 is 2.48 bits per heavy atom. The molecule has 0 radical (unpaired) electrons. The first-order valence-corrected chi connectivity index (χ1v) is 6.87. The Hall–Kier alpha value is -2.48. The van der Waals surface area contributed by atoms with E-state index >= 15 is 0 Å². The fourth-order valence-electron chi connectivity index (χ4n) is 1.84. The van der Waals surface area contributed by atoms with Crippen molar-refractivity contribution in [3.05, 3.63) is 59.9 Å². The molecule has 1 amide bonds. The Morgan fingerprint density at radius 2 is 1.87 bits per heavy atom. The zero-order valence-electron chi connectivity index (χ0n) is 12.0. The SMILES string of the molecule is CN(C(=S)NC(=O)c1cnccc1C(F)(F)F)c1ccccc1. The topological polar surface area (TPSA) is 45.2 Å². The molecular formula is C15H12F3N3OS. The highest BCUT2D eigenvalue weighted by Gasteiger charge is 2.35. The number of nitrogens with zero attached hydrogens (tertiary/aromatic N) is 2. The van der Waals surface area contributed by atoms with Gasteiger partial charge in [0.15, 0.2) is 5.11 Å². The molecule has 8 heteroatoms. The molecule has 0 atom stereocenters. The fraction of sp³-hybridized carbons (Fsp3) is 0.133. The lowest BCUT2D eigenvalue weighted by atomic mass is 10.1. The maximum absolute atomic E-state index is 12.9. The Labute approximate surface area is 135 Å². The van der Waals surface area contributed by atoms with Crippen molar-refractivity contribution in [3.8, 4) is 0 Å². The molecule has 120 valence electrons. The van der Waals surface area contributed by atoms with Gasteiger partial charge in [-0.15, -0.1) is 0 Å². The van der Waals surface area contributed by atoms with Crippen molar-refractivity contribution in [2.75, 3.05) is 11.9 Å². The molecule has 0 saturated heterocycles. The van der Waals surface area contributed by atoms with Gasteiger partial charge >= 0.3 is 6.18 Å². The lowest BCUT2D eigenvalue weighted by Gasteiger charge is -2.21. The smallest absolute Gasteiger partial charge is 0.322 e. The largest absolute Gasteiger partial charge is 0.417 e. The lowest BCUT2D eigenvalue weighted by molar-refractivity contribution is -0.138. The van der Waals surface area contributed by atoms with E-state index in [0.717, 1.165) is 18.5 Å². The fourth-order valence-corrected chi connectivity index (χ4v) is 2.04. The molecular weight excluding hydrogens is 327 g/mol. The minimum absolute atomic E-state index is 0.0156. The van der Waals surface area contributed by atoms with Gasteiger partial charge in [-0.25, -0.2) is 0 Å². The number of rotatable bonds is 2. The first kappa shape index (κ1) is 16.9. The number of carbonyl (C=O) groups is 1. The summed E-state index contributed by atoms with van der Waals surface area (Å²) >= 11 is 5.06. The molecule has 0 aliphatic heterocycles. The van der Waals surface area contributed by atoms with E-state index in [2.05, 4.69) is 10.3 Å². The highest BCUT2D eigenvalue weighted by atomic mass is 32.1. The predicted octanol–water partition coefficient (Wildman–Crippen LogP) is 3.25. The second-order valence-corrected chi connectivity index (χ2v) is 4.96. The van der Waals surface area contributed by atoms with E-state index in [0.29, 0.717) is 5.69 Å². The van der Waals surface area contributed by atoms with Crippen LogP contribution in [-0.2, 0) is 6.18 Å². The summed E-state index contributed by atoms with van der Waals surface area (Å²) in [4.78, 5) is 17.1. The molecule has 1 aromatic carbocycles. The van der Waals surface area contributed by atoms with Crippen molar-refractivity contribution < 1.29 is 18.0 Å². The highest BCUT2D eigenvalue weighted by molar-refractivity contribution is 7.80. The van der Waals surface area contributed by atoms with Crippen LogP contribution in [0.5, 0.6) is 0 Å². The summed E-state index contributed by atoms with van der Waals surface area (Å²) in [7, 11) is 1.60. The second-order valence-electron chi connectivity index (χ2n) is 4.57. The van der Waals surface area contributed by atoms with Gasteiger partial charge in [-0.2, -0.15) is 13.2 Å². The van der Waals surface area contributed by atoms with Gasteiger partial charge in [-0.05, 0) is 30.4 Å². The Morgan fingerprint density at radius 1 is 1.22 bits per heavy atom. The van der Waals surface area contributed by atoms with Gasteiger partial charge in [0.05, 0.1) is 11.1 Å². The number of aromatic nitrogens is 1. The minimum atomic E-state index is -4.65. The predicted molar refractivity (Wildman–Crippen MR) is 84.1 cm³/mol. The van der Waals surface area contributed by atoms with Crippen LogP contribution in [0, 0.1) is 0 Å². The van der Waals surface area contributed by atoms with Crippen molar-refractivity contribution in [1.82, 2.24) is 10.3 Å². The van der Waals surface area contributed by atoms with Gasteiger partial charge in [-0.1, -0.05) is 18.2 Å². The van der Waals surface area contributed by atoms with Gasteiger partial charge in [0.25, 0.3) is 5.91 Å². The number of pyridine rings is 1. The number of benzene rings is 1. The number of amides is 1. The van der Waals surface area contributed by atoms with Crippen LogP contribution in [-0.4, -0.2) is 23.1 Å². The summed E-state index contributed by atoms with van der Waals surface area (Å²) in [6, 6.07) is 9.62. The van der Waals surface area contributed by atoms with Crippen molar-refractivity contribution in [1.29, 1.82) is 0 Å². The average Bonchev–Trinajstić information content (AvgIpc) is 2.54. The molecule has 0 unspecified atom stereocenters. The molecule has 1 heterocycles. The Balaban J connectivity index is 2.18. The summed E-state index contributed by atoms with van der Waals surface area (Å²) in [6.07, 6.45) is -2.81. The third kappa shape index (κ3) is 4.04. The number of hydrogen-bond acceptors (Lipinski definition) is 3. The van der Waals surface area contributed by atoms with E-state index in [9.17, 15) is 18.0 Å². The third-order valence-electron chi connectivity index (χ3n) is 3.04. The van der Waals surface area contributed by atoms with Crippen LogP contribution in [0.1, 0.15) is 15.9 Å². The number of thiocarbonyl (C=S) groups is 1. The van der Waals surface area contributed by atoms with Crippen molar-refractivity contribution in [2.45, 2.75) is 6.18 Å². The maximum Gasteiger partial charge on any atom is 0.417 e. The lowest BCUT2D eigenvalue weighted by Crippen LogP contribution is -2.41. The van der Waals surface area contributed by atoms with Gasteiger partial charge in [0.1, 0.15) is 0 Å². The summed E-state index contributed by atoms with van der Waals surface area (Å²) < 4.78 is 38.8. The molecule has 0 aliphatic carbocycles. The van der Waals surface area contributed by atoms with Crippen LogP contribution in [0.3, 0.4) is 0 Å². The molecule has 1 aromatic heterocycles. The van der Waals surface area contributed by atoms with E-state index in [-0.39, 0.29) is 5.11 Å². The molecule has 23 heavy (non-hydrogen) atoms. The quantitative estimate of drug-likeness (QED) is 0.853. The molecule has 0 bridgehead atoms. The van der Waals surface area contributed by atoms with Crippen molar-refractivity contribution in [3.63, 3.8) is 0 Å². The number of halogens is 3. The molecule has 1 N–H and O–H groups in total. The Bertz CT molecular complexity index is 719. The number of anilines is 1. The molecule has 0 saturated carbocycles. The summed E-state index contributed by atoms with van der Waals surface area (Å²) in [5.74, 6) is -0.960. The average molecular weight is 339 g/mol. The monoisotopic (exact) mass is 339 g/mol. The molecule has 2 rings (SSSR count). The van der Waals surface area contributed by atoms with E-state index in [1.165, 1.54) is 4.90 Å². The van der Waals surface area contributed by atoms with E-state index in [1.54, 1.807) is 31.3 Å². The standard InChI is InChI=1S/C15H12F3N3OS/c1-21(10-5-3-2-4-6-10)14(23)20-13(22)11-9-19-8-7-12(11)15(16,17)18/h2-9H,1H3,(H,20,22,23). The molecule has 0 spiro atoms. The number of hydrogen-bond donors (Lipinski definition) is 1. The van der Waals surface area contributed by atoms with Crippen LogP contribution < -0.4 is 10.2 Å². The number of carbonyl (C=O) groups excluding carboxylic acids is 1. The number of alkyl halides is 3. The normalized spacial score (nSPS) is 11.0. The van der Waals surface area contributed by atoms with Crippen LogP contribution in [0.4, 0.5) is 18.9 Å². The third-order valence-corrected chi connectivity index (χ3v) is 3.42. The number of nitrogens with one attached hydrogen (secondary N) is 1. The van der Waals surface area contributed by atoms with Gasteiger partial charge in [-0.3, -0.25) is 15.1 Å². The van der Waals surface area contributed by atoms with Crippen LogP contribution in [0.25, 0.3) is 0 Å². The van der Waals surface area contributed by atoms with Crippen molar-refractivity contribution >= 4 is 28.9 Å². The van der Waals surface area contributed by atoms with Gasteiger partial charge in [0.2, 0.25) is 0 Å². The zero-order valence-corrected chi connectivity index (χ0v) is 12.8. The van der Waals surface area contributed by atoms with Crippen LogP contribution >= 0.6 is 12.2 Å². The molecule has 0 aliphatic rings. The van der Waals surface area contributed by atoms with Crippen LogP contribution in [0.15, 0.2) is 48.8 Å². The summed E-state index contributed by atoms with van der Waals surface area (Å²) in [5, 5.41) is 2.27. The summed E-state index contributed by atoms with van der Waals surface area (Å²) in [5.41, 5.74) is -0.945. The van der Waals surface area contributed by atoms with Crippen molar-refractivity contribution in [2.24, 2.45) is 0 Å². The van der Waals surface area contributed by atoms with Gasteiger partial charge in [0, 0.05) is 25.1 Å². The van der Waals surface area contributed by atoms with Gasteiger partial charge < -0.3 is 4.90 Å². The second kappa shape index (κ2) is 6.74. The minimum Gasteiger partial charge on any atom is -0.322 e. The Kier molecular flexibility index (Phi) is 4.95. The zero-order chi connectivity index (χ0) is 17.0. The first-order chi connectivity index (χ1) is 10.8. The van der Waals surface area contributed by atoms with Crippen LogP contribution in [0.2, 0.25) is 0 Å². The first-order valence-electron chi connectivity index (χ1n) is 6.46. The molecule has 2 aromatic rings. The summed E-state index contributed by atoms with van der Waals surface area (Å²) in [6.45, 7) is 0. The molecule has 4 nitrogen and oxygen atoms in total. The highest BCUT2D eigenvalue weighted by Crippen LogP contribution is 2.31. The maximum atomic E-state index is 12.9. The van der Waals surface area contributed by atoms with E-state index < -0.39 is 23.2 Å². The van der Waals surface area contributed by atoms with E-state index in [4.69, 9.17) is 12.2 Å². The number of para-hydroxylation sites is 1. The molecule has 0 fully saturated rings. The van der Waals surface area contributed by atoms with E-state index in [1.807, 2.05) is 6.07 Å².